The molecule has 1 amide bonds. The molecule has 140 valence electrons. The number of aryl methyl sites for hydroxylation is 2. The van der Waals surface area contributed by atoms with Crippen molar-refractivity contribution in [1.82, 2.24) is 14.5 Å². The van der Waals surface area contributed by atoms with Crippen LogP contribution in [-0.4, -0.2) is 44.0 Å². The molecule has 0 atom stereocenters. The minimum Gasteiger partial charge on any atom is -0.480 e. The highest BCUT2D eigenvalue weighted by molar-refractivity contribution is 7.20. The second-order valence-corrected chi connectivity index (χ2v) is 8.26. The van der Waals surface area contributed by atoms with Gasteiger partial charge in [0, 0.05) is 20.0 Å². The third-order valence-corrected chi connectivity index (χ3v) is 6.45. The standard InChI is InChI=1S/C18H23N3O4S/c1-10-12-14(19-11-8-6-5-7-9-21(11)15(12)22)26-13(10)16(23)20(4)18(2,3)17(24)25/h5-9H2,1-4H3,(H,24,25). The summed E-state index contributed by atoms with van der Waals surface area (Å²) in [5, 5.41) is 9.85. The fourth-order valence-electron chi connectivity index (χ4n) is 3.16. The molecule has 0 fully saturated rings. The van der Waals surface area contributed by atoms with Crippen LogP contribution in [0.5, 0.6) is 0 Å². The largest absolute Gasteiger partial charge is 0.480 e. The first-order valence-corrected chi connectivity index (χ1v) is 9.52. The van der Waals surface area contributed by atoms with E-state index in [0.717, 1.165) is 31.5 Å². The Kier molecular flexibility index (Phi) is 4.64. The third kappa shape index (κ3) is 2.82. The second-order valence-electron chi connectivity index (χ2n) is 7.26. The van der Waals surface area contributed by atoms with Crippen LogP contribution in [0.4, 0.5) is 0 Å². The van der Waals surface area contributed by atoms with Crippen LogP contribution < -0.4 is 5.56 Å². The predicted molar refractivity (Wildman–Crippen MR) is 100.0 cm³/mol. The van der Waals surface area contributed by atoms with Crippen LogP contribution in [0, 0.1) is 6.92 Å². The highest BCUT2D eigenvalue weighted by Crippen LogP contribution is 2.30. The molecular formula is C18H23N3O4S. The lowest BCUT2D eigenvalue weighted by Crippen LogP contribution is -2.50. The Morgan fingerprint density at radius 1 is 1.27 bits per heavy atom. The van der Waals surface area contributed by atoms with Crippen molar-refractivity contribution >= 4 is 33.4 Å². The summed E-state index contributed by atoms with van der Waals surface area (Å²) in [6.07, 6.45) is 3.79. The Balaban J connectivity index is 2.13. The number of aromatic nitrogens is 2. The molecule has 7 nitrogen and oxygen atoms in total. The van der Waals surface area contributed by atoms with Crippen LogP contribution in [0.3, 0.4) is 0 Å². The number of thiophene rings is 1. The van der Waals surface area contributed by atoms with Gasteiger partial charge in [-0.25, -0.2) is 9.78 Å². The second kappa shape index (κ2) is 6.50. The van der Waals surface area contributed by atoms with Crippen molar-refractivity contribution in [2.24, 2.45) is 0 Å². The van der Waals surface area contributed by atoms with E-state index >= 15 is 0 Å². The maximum absolute atomic E-state index is 13.0. The van der Waals surface area contributed by atoms with Gasteiger partial charge in [-0.05, 0) is 39.2 Å². The van der Waals surface area contributed by atoms with Gasteiger partial charge in [0.15, 0.2) is 0 Å². The molecule has 1 aliphatic rings. The van der Waals surface area contributed by atoms with Gasteiger partial charge in [0.05, 0.1) is 10.3 Å². The van der Waals surface area contributed by atoms with Crippen LogP contribution in [0.15, 0.2) is 4.79 Å². The molecule has 0 unspecified atom stereocenters. The normalized spacial score (nSPS) is 14.8. The zero-order chi connectivity index (χ0) is 19.2. The van der Waals surface area contributed by atoms with Crippen LogP contribution in [0.2, 0.25) is 0 Å². The molecule has 0 aromatic carbocycles. The SMILES string of the molecule is Cc1c(C(=O)N(C)C(C)(C)C(=O)O)sc2nc3n(c(=O)c12)CCCCC3. The van der Waals surface area contributed by atoms with Gasteiger partial charge in [-0.2, -0.15) is 0 Å². The van der Waals surface area contributed by atoms with Gasteiger partial charge < -0.3 is 10.0 Å². The topological polar surface area (TPSA) is 92.5 Å². The van der Waals surface area contributed by atoms with E-state index in [1.165, 1.54) is 37.1 Å². The van der Waals surface area contributed by atoms with Crippen molar-refractivity contribution in [3.63, 3.8) is 0 Å². The maximum atomic E-state index is 13.0. The molecule has 0 radical (unpaired) electrons. The molecule has 0 saturated heterocycles. The molecule has 0 aliphatic carbocycles. The van der Waals surface area contributed by atoms with E-state index < -0.39 is 17.4 Å². The molecule has 26 heavy (non-hydrogen) atoms. The molecule has 0 saturated carbocycles. The van der Waals surface area contributed by atoms with Crippen molar-refractivity contribution in [2.75, 3.05) is 7.05 Å². The highest BCUT2D eigenvalue weighted by Gasteiger charge is 2.37. The number of hydrogen-bond acceptors (Lipinski definition) is 5. The molecule has 2 aromatic rings. The lowest BCUT2D eigenvalue weighted by atomic mass is 10.0. The Labute approximate surface area is 155 Å². The number of amides is 1. The number of aliphatic carboxylic acids is 1. The summed E-state index contributed by atoms with van der Waals surface area (Å²) in [6, 6.07) is 0. The highest BCUT2D eigenvalue weighted by atomic mass is 32.1. The van der Waals surface area contributed by atoms with Crippen molar-refractivity contribution in [3.05, 3.63) is 26.6 Å². The number of carbonyl (C=O) groups is 2. The van der Waals surface area contributed by atoms with Gasteiger partial charge in [-0.15, -0.1) is 11.3 Å². The van der Waals surface area contributed by atoms with Gasteiger partial charge in [0.2, 0.25) is 0 Å². The first-order chi connectivity index (χ1) is 12.2. The monoisotopic (exact) mass is 377 g/mol. The lowest BCUT2D eigenvalue weighted by molar-refractivity contribution is -0.147. The minimum absolute atomic E-state index is 0.0974. The molecule has 2 aromatic heterocycles. The fraction of sp³-hybridized carbons (Fsp3) is 0.556. The molecular weight excluding hydrogens is 354 g/mol. The average molecular weight is 377 g/mol. The number of hydrogen-bond donors (Lipinski definition) is 1. The molecule has 0 spiro atoms. The maximum Gasteiger partial charge on any atom is 0.329 e. The Morgan fingerprint density at radius 2 is 1.96 bits per heavy atom. The summed E-state index contributed by atoms with van der Waals surface area (Å²) in [5.74, 6) is -0.714. The van der Waals surface area contributed by atoms with Gasteiger partial charge in [0.1, 0.15) is 16.2 Å². The summed E-state index contributed by atoms with van der Waals surface area (Å²) in [5.41, 5.74) is -0.862. The van der Waals surface area contributed by atoms with Crippen molar-refractivity contribution in [3.8, 4) is 0 Å². The number of rotatable bonds is 3. The number of carbonyl (C=O) groups excluding carboxylic acids is 1. The van der Waals surface area contributed by atoms with Crippen molar-refractivity contribution in [1.29, 1.82) is 0 Å². The van der Waals surface area contributed by atoms with Crippen LogP contribution in [0.25, 0.3) is 10.2 Å². The Bertz CT molecular complexity index is 957. The summed E-state index contributed by atoms with van der Waals surface area (Å²) < 4.78 is 1.73. The summed E-state index contributed by atoms with van der Waals surface area (Å²) in [7, 11) is 1.47. The van der Waals surface area contributed by atoms with E-state index in [0.29, 0.717) is 27.2 Å². The number of fused-ring (bicyclic) bond motifs is 2. The molecule has 0 bridgehead atoms. The molecule has 8 heteroatoms. The van der Waals surface area contributed by atoms with E-state index in [1.54, 1.807) is 11.5 Å². The Morgan fingerprint density at radius 3 is 2.62 bits per heavy atom. The minimum atomic E-state index is -1.35. The quantitative estimate of drug-likeness (QED) is 0.887. The van der Waals surface area contributed by atoms with Crippen LogP contribution in [0.1, 0.15) is 54.2 Å². The molecule has 3 heterocycles. The van der Waals surface area contributed by atoms with E-state index in [4.69, 9.17) is 0 Å². The van der Waals surface area contributed by atoms with Gasteiger partial charge in [0.25, 0.3) is 11.5 Å². The smallest absolute Gasteiger partial charge is 0.329 e. The first-order valence-electron chi connectivity index (χ1n) is 8.70. The number of likely N-dealkylation sites (N-methyl/N-ethyl adjacent to an activating group) is 1. The zero-order valence-electron chi connectivity index (χ0n) is 15.5. The van der Waals surface area contributed by atoms with Gasteiger partial charge in [-0.1, -0.05) is 6.42 Å². The first kappa shape index (κ1) is 18.6. The summed E-state index contributed by atoms with van der Waals surface area (Å²) in [4.78, 5) is 44.1. The van der Waals surface area contributed by atoms with Crippen molar-refractivity contribution < 1.29 is 14.7 Å². The van der Waals surface area contributed by atoms with Crippen molar-refractivity contribution in [2.45, 2.75) is 58.5 Å². The van der Waals surface area contributed by atoms with E-state index in [-0.39, 0.29) is 5.56 Å². The predicted octanol–water partition coefficient (Wildman–Crippen LogP) is 2.43. The van der Waals surface area contributed by atoms with Gasteiger partial charge in [-0.3, -0.25) is 14.2 Å². The van der Waals surface area contributed by atoms with E-state index in [9.17, 15) is 19.5 Å². The van der Waals surface area contributed by atoms with E-state index in [1.807, 2.05) is 0 Å². The number of carboxylic acids is 1. The van der Waals surface area contributed by atoms with Gasteiger partial charge >= 0.3 is 5.97 Å². The number of carboxylic acid groups (broad SMARTS) is 1. The third-order valence-electron chi connectivity index (χ3n) is 5.27. The Hall–Kier alpha value is -2.22. The fourth-order valence-corrected chi connectivity index (χ4v) is 4.33. The molecule has 1 aliphatic heterocycles. The lowest BCUT2D eigenvalue weighted by Gasteiger charge is -2.31. The zero-order valence-corrected chi connectivity index (χ0v) is 16.3. The van der Waals surface area contributed by atoms with Crippen LogP contribution >= 0.6 is 11.3 Å². The average Bonchev–Trinajstić information content (AvgIpc) is 2.76. The summed E-state index contributed by atoms with van der Waals surface area (Å²) >= 11 is 1.17. The summed E-state index contributed by atoms with van der Waals surface area (Å²) in [6.45, 7) is 5.35. The van der Waals surface area contributed by atoms with E-state index in [2.05, 4.69) is 4.98 Å². The number of nitrogens with zero attached hydrogens (tertiary/aromatic N) is 3. The molecule has 1 N–H and O–H groups in total. The van der Waals surface area contributed by atoms with Crippen LogP contribution in [-0.2, 0) is 17.8 Å². The molecule has 3 rings (SSSR count).